The Hall–Kier alpha value is -4.27. The van der Waals surface area contributed by atoms with E-state index in [1.54, 1.807) is 56.7 Å². The Kier molecular flexibility index (Phi) is 6.53. The van der Waals surface area contributed by atoms with Crippen LogP contribution < -0.4 is 25.6 Å². The van der Waals surface area contributed by atoms with Crippen LogP contribution in [0.5, 0.6) is 17.4 Å². The molecule has 9 nitrogen and oxygen atoms in total. The molecule has 0 fully saturated rings. The van der Waals surface area contributed by atoms with Crippen molar-refractivity contribution in [2.45, 2.75) is 32.4 Å². The zero-order valence-electron chi connectivity index (χ0n) is 18.9. The number of carbonyl (C=O) groups excluding carboxylic acids is 1. The van der Waals surface area contributed by atoms with Gasteiger partial charge in [0, 0.05) is 25.0 Å². The molecule has 0 amide bonds. The second-order valence-electron chi connectivity index (χ2n) is 7.91. The van der Waals surface area contributed by atoms with Crippen molar-refractivity contribution in [1.29, 1.82) is 0 Å². The molecule has 9 heteroatoms. The molecule has 0 aliphatic heterocycles. The van der Waals surface area contributed by atoms with Crippen LogP contribution in [0.2, 0.25) is 0 Å². The normalized spacial score (nSPS) is 12.0. The predicted octanol–water partition coefficient (Wildman–Crippen LogP) is 3.00. The predicted molar refractivity (Wildman–Crippen MR) is 126 cm³/mol. The van der Waals surface area contributed by atoms with Gasteiger partial charge in [0.1, 0.15) is 17.5 Å². The fourth-order valence-corrected chi connectivity index (χ4v) is 3.47. The Balaban J connectivity index is 1.50. The van der Waals surface area contributed by atoms with Gasteiger partial charge in [-0.1, -0.05) is 12.1 Å². The number of fused-ring (bicyclic) bond motifs is 1. The number of anilines is 1. The van der Waals surface area contributed by atoms with Crippen molar-refractivity contribution in [1.82, 2.24) is 9.97 Å². The maximum atomic E-state index is 12.4. The molecule has 4 rings (SSSR count). The van der Waals surface area contributed by atoms with Crippen LogP contribution in [0.4, 0.5) is 5.69 Å². The van der Waals surface area contributed by atoms with Crippen LogP contribution in [0.3, 0.4) is 0 Å². The molecule has 0 saturated carbocycles. The lowest BCUT2D eigenvalue weighted by Gasteiger charge is -2.21. The molecule has 2 aromatic heterocycles. The highest BCUT2D eigenvalue weighted by molar-refractivity contribution is 5.85. The third-order valence-corrected chi connectivity index (χ3v) is 5.13. The summed E-state index contributed by atoms with van der Waals surface area (Å²) in [6.45, 7) is 3.48. The average Bonchev–Trinajstić information content (AvgIpc) is 2.85. The van der Waals surface area contributed by atoms with Crippen LogP contribution in [0.25, 0.3) is 10.8 Å². The summed E-state index contributed by atoms with van der Waals surface area (Å²) in [4.78, 5) is 44.6. The van der Waals surface area contributed by atoms with Crippen molar-refractivity contribution in [2.24, 2.45) is 0 Å². The van der Waals surface area contributed by atoms with E-state index < -0.39 is 22.9 Å². The summed E-state index contributed by atoms with van der Waals surface area (Å²) in [6, 6.07) is 9.96. The number of aromatic nitrogens is 2. The summed E-state index contributed by atoms with van der Waals surface area (Å²) in [5.41, 5.74) is -0.651. The van der Waals surface area contributed by atoms with E-state index in [9.17, 15) is 14.4 Å². The Morgan fingerprint density at radius 2 is 1.76 bits per heavy atom. The van der Waals surface area contributed by atoms with Crippen molar-refractivity contribution in [3.63, 3.8) is 0 Å². The van der Waals surface area contributed by atoms with Crippen LogP contribution in [0, 0.1) is 0 Å². The molecule has 0 unspecified atom stereocenters. The fourth-order valence-electron chi connectivity index (χ4n) is 3.47. The van der Waals surface area contributed by atoms with Gasteiger partial charge in [0.2, 0.25) is 5.88 Å². The van der Waals surface area contributed by atoms with E-state index >= 15 is 0 Å². The van der Waals surface area contributed by atoms with E-state index in [2.05, 4.69) is 15.3 Å². The van der Waals surface area contributed by atoms with E-state index in [0.717, 1.165) is 16.3 Å². The van der Waals surface area contributed by atoms with E-state index in [1.165, 1.54) is 7.11 Å². The molecule has 0 aliphatic carbocycles. The highest BCUT2D eigenvalue weighted by Gasteiger charge is 2.29. The quantitative estimate of drug-likeness (QED) is 0.296. The molecule has 174 valence electrons. The van der Waals surface area contributed by atoms with Crippen LogP contribution in [0.15, 0.2) is 64.6 Å². The maximum absolute atomic E-state index is 12.4. The van der Waals surface area contributed by atoms with Gasteiger partial charge in [-0.05, 0) is 49.1 Å². The molecule has 2 heterocycles. The molecular formula is C25H23N3O6. The number of methoxy groups -OCH3 is 1. The maximum Gasteiger partial charge on any atom is 0.328 e. The number of carbonyl (C=O) groups is 1. The lowest BCUT2D eigenvalue weighted by Crippen LogP contribution is -2.42. The number of pyridine rings is 2. The van der Waals surface area contributed by atoms with Gasteiger partial charge < -0.3 is 19.5 Å². The smallest absolute Gasteiger partial charge is 0.328 e. The van der Waals surface area contributed by atoms with Crippen LogP contribution >= 0.6 is 0 Å². The molecule has 0 saturated heterocycles. The molecule has 4 aromatic rings. The summed E-state index contributed by atoms with van der Waals surface area (Å²) >= 11 is 0. The molecule has 1 N–H and O–H groups in total. The van der Waals surface area contributed by atoms with E-state index in [-0.39, 0.29) is 24.0 Å². The highest BCUT2D eigenvalue weighted by atomic mass is 16.5. The first-order chi connectivity index (χ1) is 16.4. The SMILES string of the molecule is COC(=O)[C@H](Cc1ccc(Oc2nccc3ccncc23)cc1)Nc1c(OC(C)C)c(=O)c1=O. The Morgan fingerprint density at radius 1 is 1.03 bits per heavy atom. The number of nitrogens with one attached hydrogen (secondary N) is 1. The number of rotatable bonds is 9. The van der Waals surface area contributed by atoms with Gasteiger partial charge in [-0.15, -0.1) is 0 Å². The van der Waals surface area contributed by atoms with Crippen LogP contribution in [0.1, 0.15) is 19.4 Å². The number of benzene rings is 1. The van der Waals surface area contributed by atoms with Gasteiger partial charge in [0.15, 0.2) is 5.75 Å². The topological polar surface area (TPSA) is 117 Å². The second-order valence-corrected chi connectivity index (χ2v) is 7.91. The van der Waals surface area contributed by atoms with Crippen LogP contribution in [-0.2, 0) is 16.0 Å². The molecule has 1 atom stereocenters. The van der Waals surface area contributed by atoms with Gasteiger partial charge in [0.25, 0.3) is 10.9 Å². The molecule has 0 aliphatic rings. The number of hydrogen-bond donors (Lipinski definition) is 1. The van der Waals surface area contributed by atoms with Crippen molar-refractivity contribution in [3.8, 4) is 17.4 Å². The number of nitrogens with zero attached hydrogens (tertiary/aromatic N) is 2. The minimum atomic E-state index is -0.889. The summed E-state index contributed by atoms with van der Waals surface area (Å²) in [5, 5.41) is 4.57. The van der Waals surface area contributed by atoms with E-state index in [1.807, 2.05) is 12.1 Å². The summed E-state index contributed by atoms with van der Waals surface area (Å²) in [7, 11) is 1.26. The van der Waals surface area contributed by atoms with Gasteiger partial charge in [0.05, 0.1) is 18.6 Å². The number of hydrogen-bond acceptors (Lipinski definition) is 9. The third-order valence-electron chi connectivity index (χ3n) is 5.13. The molecule has 34 heavy (non-hydrogen) atoms. The lowest BCUT2D eigenvalue weighted by atomic mass is 10.0. The van der Waals surface area contributed by atoms with Gasteiger partial charge >= 0.3 is 5.97 Å². The standard InChI is InChI=1S/C25H23N3O6/c1-14(2)33-23-20(21(29)22(23)30)28-19(25(31)32-3)12-15-4-6-17(7-5-15)34-24-18-13-26-10-8-16(18)9-11-27-24/h4-11,13-14,19,28H,12H2,1-3H3/t19-/m0/s1. The third kappa shape index (κ3) is 4.73. The Labute approximate surface area is 195 Å². The zero-order valence-corrected chi connectivity index (χ0v) is 18.9. The second kappa shape index (κ2) is 9.70. The molecule has 0 spiro atoms. The van der Waals surface area contributed by atoms with Crippen molar-refractivity contribution >= 4 is 22.4 Å². The van der Waals surface area contributed by atoms with Gasteiger partial charge in [-0.3, -0.25) is 14.6 Å². The first kappa shape index (κ1) is 22.9. The average molecular weight is 461 g/mol. The zero-order chi connectivity index (χ0) is 24.2. The Morgan fingerprint density at radius 3 is 2.47 bits per heavy atom. The summed E-state index contributed by atoms with van der Waals surface area (Å²) in [6.07, 6.45) is 4.98. The fraction of sp³-hybridized carbons (Fsp3) is 0.240. The van der Waals surface area contributed by atoms with Crippen molar-refractivity contribution in [2.75, 3.05) is 12.4 Å². The molecule has 0 bridgehead atoms. The van der Waals surface area contributed by atoms with Crippen molar-refractivity contribution in [3.05, 3.63) is 81.0 Å². The highest BCUT2D eigenvalue weighted by Crippen LogP contribution is 2.27. The first-order valence-electron chi connectivity index (χ1n) is 10.7. The Bertz CT molecular complexity index is 1390. The molecule has 0 radical (unpaired) electrons. The number of ether oxygens (including phenoxy) is 3. The summed E-state index contributed by atoms with van der Waals surface area (Å²) < 4.78 is 16.2. The first-order valence-corrected chi connectivity index (χ1v) is 10.7. The van der Waals surface area contributed by atoms with E-state index in [4.69, 9.17) is 14.2 Å². The van der Waals surface area contributed by atoms with Gasteiger partial charge in [-0.25, -0.2) is 9.78 Å². The number of esters is 1. The van der Waals surface area contributed by atoms with Gasteiger partial charge in [-0.2, -0.15) is 0 Å². The molecular weight excluding hydrogens is 438 g/mol. The van der Waals surface area contributed by atoms with Crippen molar-refractivity contribution < 1.29 is 19.0 Å². The minimum absolute atomic E-state index is 0.00954. The van der Waals surface area contributed by atoms with E-state index in [0.29, 0.717) is 11.6 Å². The lowest BCUT2D eigenvalue weighted by molar-refractivity contribution is -0.141. The van der Waals surface area contributed by atoms with Crippen LogP contribution in [-0.4, -0.2) is 35.2 Å². The minimum Gasteiger partial charge on any atom is -0.485 e. The largest absolute Gasteiger partial charge is 0.485 e. The summed E-state index contributed by atoms with van der Waals surface area (Å²) in [5.74, 6) is 0.363. The monoisotopic (exact) mass is 461 g/mol. The molecule has 2 aromatic carbocycles.